The van der Waals surface area contributed by atoms with Crippen LogP contribution in [0.3, 0.4) is 0 Å². The maximum Gasteiger partial charge on any atom is 0.0710 e. The molecular formula is C20H24N4O. The lowest BCUT2D eigenvalue weighted by atomic mass is 9.94. The molecule has 1 aliphatic heterocycles. The number of nitrogens with zero attached hydrogens (tertiary/aromatic N) is 4. The molecule has 5 nitrogen and oxygen atoms in total. The van der Waals surface area contributed by atoms with Crippen LogP contribution in [-0.2, 0) is 20.0 Å². The number of pyridine rings is 1. The van der Waals surface area contributed by atoms with Gasteiger partial charge in [-0.05, 0) is 31.0 Å². The summed E-state index contributed by atoms with van der Waals surface area (Å²) in [6.45, 7) is 4.58. The van der Waals surface area contributed by atoms with E-state index in [1.807, 2.05) is 36.3 Å². The Bertz CT molecular complexity index is 883. The highest BCUT2D eigenvalue weighted by Crippen LogP contribution is 2.26. The van der Waals surface area contributed by atoms with Crippen molar-refractivity contribution in [3.05, 3.63) is 59.5 Å². The van der Waals surface area contributed by atoms with E-state index in [1.165, 1.54) is 22.2 Å². The van der Waals surface area contributed by atoms with Gasteiger partial charge in [0.05, 0.1) is 17.8 Å². The zero-order valence-corrected chi connectivity index (χ0v) is 14.8. The van der Waals surface area contributed by atoms with Crippen molar-refractivity contribution in [2.24, 2.45) is 13.0 Å². The van der Waals surface area contributed by atoms with E-state index in [0.29, 0.717) is 0 Å². The van der Waals surface area contributed by atoms with Crippen molar-refractivity contribution < 1.29 is 5.11 Å². The molecule has 1 fully saturated rings. The van der Waals surface area contributed by atoms with Crippen molar-refractivity contribution in [3.63, 3.8) is 0 Å². The van der Waals surface area contributed by atoms with E-state index < -0.39 is 0 Å². The summed E-state index contributed by atoms with van der Waals surface area (Å²) in [5, 5.41) is 16.1. The minimum Gasteiger partial charge on any atom is -0.391 e. The highest BCUT2D eigenvalue weighted by Gasteiger charge is 2.32. The molecule has 1 aromatic carbocycles. The summed E-state index contributed by atoms with van der Waals surface area (Å²) in [6.07, 6.45) is 4.40. The van der Waals surface area contributed by atoms with E-state index in [9.17, 15) is 5.11 Å². The average Bonchev–Trinajstić information content (AvgIpc) is 3.12. The smallest absolute Gasteiger partial charge is 0.0710 e. The molecule has 0 bridgehead atoms. The molecule has 0 radical (unpaired) electrons. The third kappa shape index (κ3) is 3.17. The first-order chi connectivity index (χ1) is 12.1. The van der Waals surface area contributed by atoms with Crippen molar-refractivity contribution in [3.8, 4) is 0 Å². The number of aliphatic hydroxyl groups excluding tert-OH is 1. The van der Waals surface area contributed by atoms with Crippen LogP contribution in [0.2, 0.25) is 0 Å². The summed E-state index contributed by atoms with van der Waals surface area (Å²) in [4.78, 5) is 6.77. The second kappa shape index (κ2) is 6.58. The Kier molecular flexibility index (Phi) is 4.27. The third-order valence-electron chi connectivity index (χ3n) is 5.43. The fraction of sp³-hybridized carbons (Fsp3) is 0.400. The van der Waals surface area contributed by atoms with Gasteiger partial charge in [-0.25, -0.2) is 0 Å². The fourth-order valence-electron chi connectivity index (χ4n) is 3.83. The molecule has 1 saturated heterocycles. The molecule has 25 heavy (non-hydrogen) atoms. The number of aromatic nitrogens is 3. The molecule has 5 heteroatoms. The fourth-order valence-corrected chi connectivity index (χ4v) is 3.83. The van der Waals surface area contributed by atoms with Crippen LogP contribution in [0.25, 0.3) is 10.9 Å². The first kappa shape index (κ1) is 16.2. The van der Waals surface area contributed by atoms with E-state index in [1.54, 1.807) is 0 Å². The molecule has 0 amide bonds. The van der Waals surface area contributed by atoms with Crippen LogP contribution in [-0.4, -0.2) is 44.0 Å². The van der Waals surface area contributed by atoms with E-state index in [2.05, 4.69) is 40.1 Å². The predicted octanol–water partition coefficient (Wildman–Crippen LogP) is 2.31. The Morgan fingerprint density at radius 3 is 2.80 bits per heavy atom. The van der Waals surface area contributed by atoms with Crippen LogP contribution < -0.4 is 0 Å². The number of para-hydroxylation sites is 1. The van der Waals surface area contributed by atoms with Crippen LogP contribution in [0.1, 0.15) is 16.8 Å². The summed E-state index contributed by atoms with van der Waals surface area (Å²) in [5.74, 6) is 0.253. The van der Waals surface area contributed by atoms with Crippen LogP contribution in [0.5, 0.6) is 0 Å². The quantitative estimate of drug-likeness (QED) is 0.794. The molecule has 130 valence electrons. The molecular weight excluding hydrogens is 312 g/mol. The Labute approximate surface area is 147 Å². The molecule has 1 N–H and O–H groups in total. The molecule has 2 atom stereocenters. The molecule has 4 rings (SSSR count). The van der Waals surface area contributed by atoms with Gasteiger partial charge in [-0.3, -0.25) is 14.6 Å². The number of rotatable bonds is 4. The summed E-state index contributed by atoms with van der Waals surface area (Å²) in [6, 6.07) is 10.3. The van der Waals surface area contributed by atoms with Gasteiger partial charge in [0.2, 0.25) is 0 Å². The Hall–Kier alpha value is -2.24. The maximum absolute atomic E-state index is 10.6. The number of aryl methyl sites for hydroxylation is 1. The molecule has 3 heterocycles. The zero-order chi connectivity index (χ0) is 17.4. The van der Waals surface area contributed by atoms with Crippen molar-refractivity contribution in [2.45, 2.75) is 26.0 Å². The van der Waals surface area contributed by atoms with E-state index in [4.69, 9.17) is 0 Å². The van der Waals surface area contributed by atoms with Gasteiger partial charge in [0.25, 0.3) is 0 Å². The van der Waals surface area contributed by atoms with E-state index >= 15 is 0 Å². The van der Waals surface area contributed by atoms with Crippen LogP contribution in [0.15, 0.2) is 42.7 Å². The number of aliphatic hydroxyl groups is 1. The lowest BCUT2D eigenvalue weighted by molar-refractivity contribution is 0.141. The molecule has 1 aliphatic rings. The molecule has 0 unspecified atom stereocenters. The van der Waals surface area contributed by atoms with Crippen LogP contribution >= 0.6 is 0 Å². The number of hydrogen-bond acceptors (Lipinski definition) is 4. The summed E-state index contributed by atoms with van der Waals surface area (Å²) >= 11 is 0. The lowest BCUT2D eigenvalue weighted by Gasteiger charge is -2.16. The largest absolute Gasteiger partial charge is 0.391 e. The minimum atomic E-state index is -0.288. The summed E-state index contributed by atoms with van der Waals surface area (Å²) < 4.78 is 1.91. The number of fused-ring (bicyclic) bond motifs is 1. The minimum absolute atomic E-state index is 0.253. The van der Waals surface area contributed by atoms with Crippen molar-refractivity contribution >= 4 is 10.9 Å². The highest BCUT2D eigenvalue weighted by atomic mass is 16.3. The van der Waals surface area contributed by atoms with Crippen molar-refractivity contribution in [2.75, 3.05) is 13.1 Å². The summed E-state index contributed by atoms with van der Waals surface area (Å²) in [5.41, 5.74) is 4.73. The normalized spacial score (nSPS) is 21.2. The Morgan fingerprint density at radius 2 is 2.00 bits per heavy atom. The molecule has 0 spiro atoms. The SMILES string of the molecule is Cc1c(CN2C[C@@H](Cc3ccnc4ccccc34)[C@@H](O)C2)cnn1C. The highest BCUT2D eigenvalue weighted by molar-refractivity contribution is 5.81. The van der Waals surface area contributed by atoms with Gasteiger partial charge in [-0.2, -0.15) is 5.10 Å². The molecule has 0 saturated carbocycles. The van der Waals surface area contributed by atoms with Gasteiger partial charge in [-0.1, -0.05) is 18.2 Å². The second-order valence-corrected chi connectivity index (χ2v) is 7.09. The summed E-state index contributed by atoms with van der Waals surface area (Å²) in [7, 11) is 1.97. The number of benzene rings is 1. The number of β-amino-alcohol motifs (C(OH)–C–C–N with tert-alkyl or cyclic N) is 1. The first-order valence-electron chi connectivity index (χ1n) is 8.82. The lowest BCUT2D eigenvalue weighted by Crippen LogP contribution is -2.21. The average molecular weight is 336 g/mol. The molecule has 3 aromatic rings. The number of hydrogen-bond donors (Lipinski definition) is 1. The third-order valence-corrected chi connectivity index (χ3v) is 5.43. The van der Waals surface area contributed by atoms with Gasteiger partial charge in [0, 0.05) is 55.4 Å². The van der Waals surface area contributed by atoms with Gasteiger partial charge < -0.3 is 5.11 Å². The van der Waals surface area contributed by atoms with Crippen molar-refractivity contribution in [1.82, 2.24) is 19.7 Å². The van der Waals surface area contributed by atoms with Crippen molar-refractivity contribution in [1.29, 1.82) is 0 Å². The van der Waals surface area contributed by atoms with Crippen LogP contribution in [0, 0.1) is 12.8 Å². The molecule has 0 aliphatic carbocycles. The van der Waals surface area contributed by atoms with Crippen LogP contribution in [0.4, 0.5) is 0 Å². The van der Waals surface area contributed by atoms with E-state index in [-0.39, 0.29) is 12.0 Å². The topological polar surface area (TPSA) is 54.2 Å². The van der Waals surface area contributed by atoms with Gasteiger partial charge >= 0.3 is 0 Å². The van der Waals surface area contributed by atoms with Gasteiger partial charge in [0.15, 0.2) is 0 Å². The van der Waals surface area contributed by atoms with Gasteiger partial charge in [0.1, 0.15) is 0 Å². The van der Waals surface area contributed by atoms with E-state index in [0.717, 1.165) is 31.6 Å². The Balaban J connectivity index is 1.49. The predicted molar refractivity (Wildman–Crippen MR) is 98.2 cm³/mol. The number of likely N-dealkylation sites (tertiary alicyclic amines) is 1. The monoisotopic (exact) mass is 336 g/mol. The Morgan fingerprint density at radius 1 is 1.16 bits per heavy atom. The zero-order valence-electron chi connectivity index (χ0n) is 14.8. The van der Waals surface area contributed by atoms with Gasteiger partial charge in [-0.15, -0.1) is 0 Å². The second-order valence-electron chi connectivity index (χ2n) is 7.09. The maximum atomic E-state index is 10.6. The standard InChI is InChI=1S/C20H24N4O/c1-14-17(10-22-23(14)2)12-24-11-16(20(25)13-24)9-15-7-8-21-19-6-4-3-5-18(15)19/h3-8,10,16,20,25H,9,11-13H2,1-2H3/t16-,20+/m1/s1. The first-order valence-corrected chi connectivity index (χ1v) is 8.82. The molecule has 2 aromatic heterocycles.